The third-order valence-electron chi connectivity index (χ3n) is 4.34. The number of amides is 1. The molecule has 1 amide bonds. The van der Waals surface area contributed by atoms with E-state index < -0.39 is 12.0 Å². The highest BCUT2D eigenvalue weighted by molar-refractivity contribution is 7.07. The van der Waals surface area contributed by atoms with Gasteiger partial charge in [0, 0.05) is 18.0 Å². The van der Waals surface area contributed by atoms with Crippen LogP contribution in [-0.2, 0) is 14.3 Å². The minimum Gasteiger partial charge on any atom is -0.497 e. The van der Waals surface area contributed by atoms with Gasteiger partial charge in [0.2, 0.25) is 5.91 Å². The molecule has 2 heterocycles. The standard InChI is InChI=1S/C20H21N3O4S/c1-5-27-20(25)17-12(2)23(13(3)24)19(16-10-28-11-21-16)22-18(17)14-7-6-8-15(9-14)26-4/h6-11,18H,5H2,1-4H3/t18-/m0/s1. The van der Waals surface area contributed by atoms with E-state index in [0.717, 1.165) is 5.56 Å². The monoisotopic (exact) mass is 399 g/mol. The van der Waals surface area contributed by atoms with Gasteiger partial charge in [-0.15, -0.1) is 11.3 Å². The number of methoxy groups -OCH3 is 1. The molecule has 0 radical (unpaired) electrons. The van der Waals surface area contributed by atoms with Gasteiger partial charge in [-0.25, -0.2) is 9.78 Å². The van der Waals surface area contributed by atoms with Gasteiger partial charge in [-0.1, -0.05) is 12.1 Å². The van der Waals surface area contributed by atoms with Crippen LogP contribution < -0.4 is 4.74 Å². The summed E-state index contributed by atoms with van der Waals surface area (Å²) < 4.78 is 10.6. The number of amidine groups is 1. The van der Waals surface area contributed by atoms with Crippen molar-refractivity contribution in [3.8, 4) is 5.75 Å². The molecule has 1 atom stereocenters. The molecular formula is C20H21N3O4S. The zero-order chi connectivity index (χ0) is 20.3. The number of carbonyl (C=O) groups excluding carboxylic acids is 2. The molecule has 3 rings (SSSR count). The number of ether oxygens (including phenoxy) is 2. The van der Waals surface area contributed by atoms with Crippen molar-refractivity contribution in [2.75, 3.05) is 13.7 Å². The number of aromatic nitrogens is 1. The molecule has 0 bridgehead atoms. The maximum atomic E-state index is 12.8. The Morgan fingerprint density at radius 3 is 2.71 bits per heavy atom. The lowest BCUT2D eigenvalue weighted by Gasteiger charge is -2.32. The maximum Gasteiger partial charge on any atom is 0.338 e. The molecule has 1 aliphatic rings. The Labute approximate surface area is 167 Å². The van der Waals surface area contributed by atoms with Gasteiger partial charge in [-0.05, 0) is 31.5 Å². The second-order valence-corrected chi connectivity index (χ2v) is 6.80. The maximum absolute atomic E-state index is 12.8. The first-order chi connectivity index (χ1) is 13.5. The molecule has 7 nitrogen and oxygen atoms in total. The largest absolute Gasteiger partial charge is 0.497 e. The van der Waals surface area contributed by atoms with E-state index in [2.05, 4.69) is 4.98 Å². The third kappa shape index (κ3) is 3.68. The predicted molar refractivity (Wildman–Crippen MR) is 106 cm³/mol. The summed E-state index contributed by atoms with van der Waals surface area (Å²) in [5.74, 6) is 0.306. The van der Waals surface area contributed by atoms with Crippen molar-refractivity contribution in [1.82, 2.24) is 9.88 Å². The summed E-state index contributed by atoms with van der Waals surface area (Å²) in [6, 6.07) is 6.71. The van der Waals surface area contributed by atoms with Crippen molar-refractivity contribution in [2.45, 2.75) is 26.8 Å². The molecular weight excluding hydrogens is 378 g/mol. The summed E-state index contributed by atoms with van der Waals surface area (Å²) in [6.07, 6.45) is 0. The molecule has 0 unspecified atom stereocenters. The third-order valence-corrected chi connectivity index (χ3v) is 4.93. The van der Waals surface area contributed by atoms with Crippen molar-refractivity contribution in [3.05, 3.63) is 57.7 Å². The van der Waals surface area contributed by atoms with Gasteiger partial charge in [0.25, 0.3) is 0 Å². The quantitative estimate of drug-likeness (QED) is 0.721. The topological polar surface area (TPSA) is 81.1 Å². The van der Waals surface area contributed by atoms with E-state index in [9.17, 15) is 9.59 Å². The van der Waals surface area contributed by atoms with Crippen LogP contribution in [0.3, 0.4) is 0 Å². The van der Waals surface area contributed by atoms with Crippen molar-refractivity contribution in [1.29, 1.82) is 0 Å². The minimum absolute atomic E-state index is 0.225. The minimum atomic E-state index is -0.638. The summed E-state index contributed by atoms with van der Waals surface area (Å²) in [4.78, 5) is 35.7. The fraction of sp³-hybridized carbons (Fsp3) is 0.300. The second kappa shape index (κ2) is 8.35. The molecule has 146 valence electrons. The number of hydrogen-bond acceptors (Lipinski definition) is 7. The van der Waals surface area contributed by atoms with Crippen LogP contribution in [0.1, 0.15) is 38.1 Å². The van der Waals surface area contributed by atoms with Crippen LogP contribution in [0.25, 0.3) is 0 Å². The highest BCUT2D eigenvalue weighted by Gasteiger charge is 2.36. The molecule has 1 aromatic carbocycles. The zero-order valence-electron chi connectivity index (χ0n) is 16.1. The second-order valence-electron chi connectivity index (χ2n) is 6.08. The summed E-state index contributed by atoms with van der Waals surface area (Å²) in [6.45, 7) is 5.12. The molecule has 0 fully saturated rings. The highest BCUT2D eigenvalue weighted by Crippen LogP contribution is 2.37. The summed E-state index contributed by atoms with van der Waals surface area (Å²) in [5, 5.41) is 1.82. The van der Waals surface area contributed by atoms with Crippen molar-refractivity contribution in [3.63, 3.8) is 0 Å². The molecule has 0 saturated heterocycles. The van der Waals surface area contributed by atoms with Gasteiger partial charge in [-0.2, -0.15) is 0 Å². The van der Waals surface area contributed by atoms with Crippen molar-refractivity contribution < 1.29 is 19.1 Å². The molecule has 1 aliphatic heterocycles. The lowest BCUT2D eigenvalue weighted by molar-refractivity contribution is -0.139. The number of aliphatic imine (C=N–C) groups is 1. The fourth-order valence-corrected chi connectivity index (χ4v) is 3.66. The first kappa shape index (κ1) is 19.8. The molecule has 0 aliphatic carbocycles. The van der Waals surface area contributed by atoms with E-state index in [0.29, 0.717) is 28.5 Å². The van der Waals surface area contributed by atoms with E-state index >= 15 is 0 Å². The number of allylic oxidation sites excluding steroid dienone is 1. The SMILES string of the molecule is CCOC(=O)C1=C(C)N(C(C)=O)C(c2cscn2)=N[C@H]1c1cccc(OC)c1. The molecule has 0 N–H and O–H groups in total. The van der Waals surface area contributed by atoms with Crippen LogP contribution in [0.4, 0.5) is 0 Å². The van der Waals surface area contributed by atoms with E-state index in [1.165, 1.54) is 23.2 Å². The smallest absolute Gasteiger partial charge is 0.338 e. The normalized spacial score (nSPS) is 16.6. The summed E-state index contributed by atoms with van der Waals surface area (Å²) >= 11 is 1.41. The number of esters is 1. The van der Waals surface area contributed by atoms with Crippen LogP contribution in [-0.4, -0.2) is 41.3 Å². The average molecular weight is 399 g/mol. The van der Waals surface area contributed by atoms with E-state index in [1.54, 1.807) is 26.5 Å². The van der Waals surface area contributed by atoms with E-state index in [4.69, 9.17) is 14.5 Å². The van der Waals surface area contributed by atoms with Crippen LogP contribution in [0.5, 0.6) is 5.75 Å². The van der Waals surface area contributed by atoms with Gasteiger partial charge < -0.3 is 9.47 Å². The van der Waals surface area contributed by atoms with Crippen LogP contribution in [0.15, 0.2) is 51.4 Å². The number of benzene rings is 1. The Kier molecular flexibility index (Phi) is 5.89. The number of rotatable bonds is 5. The molecule has 1 aromatic heterocycles. The Morgan fingerprint density at radius 2 is 2.11 bits per heavy atom. The van der Waals surface area contributed by atoms with Crippen LogP contribution in [0.2, 0.25) is 0 Å². The first-order valence-electron chi connectivity index (χ1n) is 8.76. The lowest BCUT2D eigenvalue weighted by atomic mass is 9.94. The molecule has 2 aromatic rings. The van der Waals surface area contributed by atoms with Crippen molar-refractivity contribution >= 4 is 29.0 Å². The lowest BCUT2D eigenvalue weighted by Crippen LogP contribution is -2.40. The Morgan fingerprint density at radius 1 is 1.32 bits per heavy atom. The average Bonchev–Trinajstić information content (AvgIpc) is 3.21. The Bertz CT molecular complexity index is 950. The number of thiazole rings is 1. The van der Waals surface area contributed by atoms with Gasteiger partial charge in [0.05, 0.1) is 24.8 Å². The molecule has 0 spiro atoms. The number of hydrogen-bond donors (Lipinski definition) is 0. The number of carbonyl (C=O) groups is 2. The molecule has 0 saturated carbocycles. The van der Waals surface area contributed by atoms with Gasteiger partial charge in [-0.3, -0.25) is 14.7 Å². The van der Waals surface area contributed by atoms with Crippen LogP contribution in [0, 0.1) is 0 Å². The van der Waals surface area contributed by atoms with Gasteiger partial charge in [0.15, 0.2) is 5.84 Å². The molecule has 28 heavy (non-hydrogen) atoms. The van der Waals surface area contributed by atoms with Gasteiger partial charge >= 0.3 is 5.97 Å². The van der Waals surface area contributed by atoms with Crippen molar-refractivity contribution in [2.24, 2.45) is 4.99 Å². The molecule has 8 heteroatoms. The van der Waals surface area contributed by atoms with Crippen LogP contribution >= 0.6 is 11.3 Å². The van der Waals surface area contributed by atoms with E-state index in [1.807, 2.05) is 29.6 Å². The van der Waals surface area contributed by atoms with Gasteiger partial charge in [0.1, 0.15) is 17.5 Å². The predicted octanol–water partition coefficient (Wildman–Crippen LogP) is 3.34. The first-order valence-corrected chi connectivity index (χ1v) is 9.71. The summed E-state index contributed by atoms with van der Waals surface area (Å²) in [5.41, 5.74) is 3.82. The highest BCUT2D eigenvalue weighted by atomic mass is 32.1. The number of nitrogens with zero attached hydrogens (tertiary/aromatic N) is 3. The Balaban J connectivity index is 2.21. The zero-order valence-corrected chi connectivity index (χ0v) is 16.9. The Hall–Kier alpha value is -3.00. The fourth-order valence-electron chi connectivity index (χ4n) is 3.13. The van der Waals surface area contributed by atoms with E-state index in [-0.39, 0.29) is 12.5 Å². The summed E-state index contributed by atoms with van der Waals surface area (Å²) in [7, 11) is 1.58.